The van der Waals surface area contributed by atoms with Crippen molar-refractivity contribution in [1.82, 2.24) is 4.90 Å². The predicted octanol–water partition coefficient (Wildman–Crippen LogP) is 6.76. The number of amides is 2. The molecular weight excluding hydrogens is 643 g/mol. The number of ether oxygens (including phenoxy) is 2. The first-order chi connectivity index (χ1) is 24.1. The quantitative estimate of drug-likeness (QED) is 0.103. The third-order valence-corrected chi connectivity index (χ3v) is 14.7. The second-order valence-corrected chi connectivity index (χ2v) is 18.7. The highest BCUT2D eigenvalue weighted by molar-refractivity contribution is 6.99. The highest BCUT2D eigenvalue weighted by Gasteiger charge is 2.51. The van der Waals surface area contributed by atoms with Gasteiger partial charge in [-0.2, -0.15) is 0 Å². The number of rotatable bonds is 16. The zero-order valence-corrected chi connectivity index (χ0v) is 30.7. The van der Waals surface area contributed by atoms with E-state index in [2.05, 4.69) is 45.0 Å². The number of hydrogen-bond acceptors (Lipinski definition) is 6. The van der Waals surface area contributed by atoms with Crippen LogP contribution in [0.3, 0.4) is 0 Å². The smallest absolute Gasteiger partial charge is 0.416 e. The molecule has 4 aromatic carbocycles. The van der Waals surface area contributed by atoms with Gasteiger partial charge >= 0.3 is 6.09 Å². The van der Waals surface area contributed by atoms with E-state index in [0.29, 0.717) is 32.5 Å². The zero-order chi connectivity index (χ0) is 35.6. The normalized spacial score (nSPS) is 16.9. The van der Waals surface area contributed by atoms with Crippen molar-refractivity contribution in [3.05, 3.63) is 132 Å². The number of carbonyl (C=O) groups excluding carboxylic acids is 2. The number of aliphatic hydroxyl groups is 1. The van der Waals surface area contributed by atoms with Gasteiger partial charge in [-0.05, 0) is 51.7 Å². The Morgan fingerprint density at radius 3 is 1.92 bits per heavy atom. The summed E-state index contributed by atoms with van der Waals surface area (Å²) in [5.41, 5.74) is 2.08. The fourth-order valence-corrected chi connectivity index (χ4v) is 11.8. The summed E-state index contributed by atoms with van der Waals surface area (Å²) < 4.78 is 18.6. The average molecular weight is 694 g/mol. The third-order valence-electron chi connectivity index (χ3n) is 9.71. The molecule has 1 heterocycles. The van der Waals surface area contributed by atoms with Crippen molar-refractivity contribution < 1.29 is 28.6 Å². The number of aliphatic hydroxyl groups excluding tert-OH is 1. The van der Waals surface area contributed by atoms with Crippen LogP contribution < -0.4 is 10.4 Å². The molecule has 264 valence electrons. The minimum absolute atomic E-state index is 0.114. The molecule has 0 unspecified atom stereocenters. The molecule has 1 aliphatic rings. The summed E-state index contributed by atoms with van der Waals surface area (Å²) in [4.78, 5) is 29.0. The average Bonchev–Trinajstić information content (AvgIpc) is 3.48. The molecule has 0 spiro atoms. The topological polar surface area (TPSA) is 85.3 Å². The van der Waals surface area contributed by atoms with Crippen molar-refractivity contribution in [1.29, 1.82) is 0 Å². The predicted molar refractivity (Wildman–Crippen MR) is 200 cm³/mol. The van der Waals surface area contributed by atoms with Crippen molar-refractivity contribution >= 4 is 30.7 Å². The summed E-state index contributed by atoms with van der Waals surface area (Å²) in [6.45, 7) is 9.83. The highest BCUT2D eigenvalue weighted by Crippen LogP contribution is 2.38. The fraction of sp³-hybridized carbons (Fsp3) is 0.381. The second-order valence-electron chi connectivity index (χ2n) is 14.4. The van der Waals surface area contributed by atoms with Crippen LogP contribution >= 0.6 is 0 Å². The van der Waals surface area contributed by atoms with E-state index in [0.717, 1.165) is 21.5 Å². The lowest BCUT2D eigenvalue weighted by atomic mass is 9.85. The maximum atomic E-state index is 14.6. The van der Waals surface area contributed by atoms with Crippen LogP contribution in [0.5, 0.6) is 0 Å². The van der Waals surface area contributed by atoms with Gasteiger partial charge in [-0.1, -0.05) is 149 Å². The van der Waals surface area contributed by atoms with E-state index in [1.54, 1.807) is 0 Å². The lowest BCUT2D eigenvalue weighted by Gasteiger charge is -2.44. The first kappa shape index (κ1) is 37.2. The van der Waals surface area contributed by atoms with Gasteiger partial charge in [-0.15, -0.1) is 0 Å². The van der Waals surface area contributed by atoms with Crippen molar-refractivity contribution in [3.8, 4) is 0 Å². The van der Waals surface area contributed by atoms with E-state index < -0.39 is 44.3 Å². The Labute approximate surface area is 298 Å². The molecule has 7 nitrogen and oxygen atoms in total. The molecule has 0 aliphatic carbocycles. The summed E-state index contributed by atoms with van der Waals surface area (Å²) in [6, 6.07) is 40.0. The Morgan fingerprint density at radius 1 is 0.860 bits per heavy atom. The van der Waals surface area contributed by atoms with Gasteiger partial charge in [0.05, 0.1) is 24.7 Å². The Hall–Kier alpha value is -4.08. The van der Waals surface area contributed by atoms with Crippen molar-refractivity contribution in [3.63, 3.8) is 0 Å². The molecule has 0 radical (unpaired) electrons. The van der Waals surface area contributed by atoms with Gasteiger partial charge in [0.25, 0.3) is 8.32 Å². The van der Waals surface area contributed by atoms with Crippen LogP contribution in [0.2, 0.25) is 5.04 Å². The van der Waals surface area contributed by atoms with Crippen molar-refractivity contribution in [2.24, 2.45) is 11.8 Å². The van der Waals surface area contributed by atoms with Crippen LogP contribution in [0, 0.1) is 11.8 Å². The Balaban J connectivity index is 1.40. The van der Waals surface area contributed by atoms with Crippen molar-refractivity contribution in [2.75, 3.05) is 19.8 Å². The summed E-state index contributed by atoms with van der Waals surface area (Å²) in [5, 5.41) is 13.8. The lowest BCUT2D eigenvalue weighted by Crippen LogP contribution is -2.67. The molecular formula is C42H51NO6Si. The highest BCUT2D eigenvalue weighted by atomic mass is 28.4. The van der Waals surface area contributed by atoms with Crippen LogP contribution in [-0.4, -0.2) is 62.3 Å². The van der Waals surface area contributed by atoms with Crippen LogP contribution in [0.1, 0.15) is 51.7 Å². The Morgan fingerprint density at radius 2 is 1.38 bits per heavy atom. The SMILES string of the molecule is C[C@H](CO[Si](c1ccccc1)(c1ccccc1)C(C)(C)C)[C@H](C(=O)N1C(=O)OC[C@@H]1Cc1ccccc1)[C@H](O)CCCOCc1ccccc1. The summed E-state index contributed by atoms with van der Waals surface area (Å²) in [6.07, 6.45) is -0.328. The van der Waals surface area contributed by atoms with E-state index in [-0.39, 0.29) is 18.3 Å². The third kappa shape index (κ3) is 8.79. The number of nitrogens with zero attached hydrogens (tertiary/aromatic N) is 1. The first-order valence-electron chi connectivity index (χ1n) is 17.7. The zero-order valence-electron chi connectivity index (χ0n) is 29.7. The maximum absolute atomic E-state index is 14.6. The molecule has 1 fully saturated rings. The van der Waals surface area contributed by atoms with Crippen molar-refractivity contribution in [2.45, 2.75) is 70.7 Å². The van der Waals surface area contributed by atoms with Crippen LogP contribution in [0.4, 0.5) is 4.79 Å². The van der Waals surface area contributed by atoms with Gasteiger partial charge < -0.3 is 19.0 Å². The standard InChI is InChI=1S/C42H51NO6Si/c1-32(29-49-50(42(2,3)4,36-22-13-7-14-23-36)37-24-15-8-16-25-37)39(38(44)26-17-27-47-30-34-20-11-6-12-21-34)40(45)43-35(31-48-41(43)46)28-33-18-9-5-10-19-33/h5-16,18-25,32,35,38-39,44H,17,26-31H2,1-4H3/t32-,35+,38-,39+/m1/s1. The molecule has 8 heteroatoms. The lowest BCUT2D eigenvalue weighted by molar-refractivity contribution is -0.140. The molecule has 50 heavy (non-hydrogen) atoms. The van der Waals surface area contributed by atoms with E-state index in [1.165, 1.54) is 4.90 Å². The Kier molecular flexibility index (Phi) is 12.8. The number of benzene rings is 4. The summed E-state index contributed by atoms with van der Waals surface area (Å²) in [5.74, 6) is -1.74. The number of hydrogen-bond donors (Lipinski definition) is 1. The molecule has 2 amide bonds. The molecule has 1 aliphatic heterocycles. The Bertz CT molecular complexity index is 1590. The van der Waals surface area contributed by atoms with E-state index in [9.17, 15) is 14.7 Å². The van der Waals surface area contributed by atoms with Crippen LogP contribution in [0.15, 0.2) is 121 Å². The maximum Gasteiger partial charge on any atom is 0.416 e. The van der Waals surface area contributed by atoms with Crippen LogP contribution in [0.25, 0.3) is 0 Å². The first-order valence-corrected chi connectivity index (χ1v) is 19.6. The number of carbonyl (C=O) groups is 2. The van der Waals surface area contributed by atoms with Gasteiger partial charge in [0.15, 0.2) is 0 Å². The number of imide groups is 1. The molecule has 4 atom stereocenters. The second kappa shape index (κ2) is 17.2. The monoisotopic (exact) mass is 693 g/mol. The molecule has 0 bridgehead atoms. The summed E-state index contributed by atoms with van der Waals surface area (Å²) >= 11 is 0. The van der Waals surface area contributed by atoms with Crippen LogP contribution in [-0.2, 0) is 31.7 Å². The van der Waals surface area contributed by atoms with E-state index in [4.69, 9.17) is 13.9 Å². The largest absolute Gasteiger partial charge is 0.447 e. The molecule has 0 saturated carbocycles. The molecule has 0 aromatic heterocycles. The molecule has 1 N–H and O–H groups in total. The minimum Gasteiger partial charge on any atom is -0.447 e. The fourth-order valence-electron chi connectivity index (χ4n) is 7.17. The summed E-state index contributed by atoms with van der Waals surface area (Å²) in [7, 11) is -2.92. The minimum atomic E-state index is -2.92. The van der Waals surface area contributed by atoms with E-state index in [1.807, 2.05) is 104 Å². The van der Waals surface area contributed by atoms with Gasteiger partial charge in [0.1, 0.15) is 6.61 Å². The van der Waals surface area contributed by atoms with Gasteiger partial charge in [0.2, 0.25) is 5.91 Å². The molecule has 5 rings (SSSR count). The van der Waals surface area contributed by atoms with Gasteiger partial charge in [-0.25, -0.2) is 9.69 Å². The van der Waals surface area contributed by atoms with Gasteiger partial charge in [0, 0.05) is 13.2 Å². The molecule has 1 saturated heterocycles. The van der Waals surface area contributed by atoms with Gasteiger partial charge in [-0.3, -0.25) is 4.79 Å². The van der Waals surface area contributed by atoms with E-state index >= 15 is 0 Å². The molecule has 4 aromatic rings. The number of cyclic esters (lactones) is 1.